The Balaban J connectivity index is 1.52. The van der Waals surface area contributed by atoms with E-state index < -0.39 is 0 Å². The Labute approximate surface area is 181 Å². The van der Waals surface area contributed by atoms with E-state index in [0.29, 0.717) is 33.8 Å². The van der Waals surface area contributed by atoms with Crippen LogP contribution in [0.4, 0.5) is 4.39 Å². The molecule has 154 valence electrons. The first-order valence-corrected chi connectivity index (χ1v) is 10.0. The normalized spacial score (nSPS) is 11.4. The predicted molar refractivity (Wildman–Crippen MR) is 120 cm³/mol. The van der Waals surface area contributed by atoms with Crippen LogP contribution in [0.3, 0.4) is 0 Å². The van der Waals surface area contributed by atoms with E-state index in [1.54, 1.807) is 12.4 Å². The van der Waals surface area contributed by atoms with Crippen LogP contribution in [-0.4, -0.2) is 35.1 Å². The Morgan fingerprint density at radius 3 is 2.53 bits per heavy atom. The third kappa shape index (κ3) is 3.01. The van der Waals surface area contributed by atoms with Gasteiger partial charge in [-0.2, -0.15) is 5.10 Å². The molecular weight excluding hydrogens is 405 g/mol. The quantitative estimate of drug-likeness (QED) is 0.416. The Morgan fingerprint density at radius 2 is 1.69 bits per heavy atom. The van der Waals surface area contributed by atoms with Crippen molar-refractivity contribution >= 4 is 22.1 Å². The lowest BCUT2D eigenvalue weighted by molar-refractivity contribution is 0.627. The van der Waals surface area contributed by atoms with Crippen molar-refractivity contribution in [2.24, 2.45) is 0 Å². The smallest absolute Gasteiger partial charge is 0.161 e. The summed E-state index contributed by atoms with van der Waals surface area (Å²) in [5.74, 6) is 0.249. The highest BCUT2D eigenvalue weighted by atomic mass is 19.1. The maximum atomic E-state index is 14.0. The van der Waals surface area contributed by atoms with Gasteiger partial charge in [0.2, 0.25) is 0 Å². The molecule has 5 heterocycles. The topological polar surface area (TPSA) is 96.0 Å². The number of nitrogens with zero attached hydrogens (tertiary/aromatic N) is 5. The molecule has 0 radical (unpaired) electrons. The molecule has 0 saturated heterocycles. The number of halogens is 1. The van der Waals surface area contributed by atoms with E-state index in [1.165, 1.54) is 12.1 Å². The van der Waals surface area contributed by atoms with Crippen molar-refractivity contribution in [3.8, 4) is 34.2 Å². The van der Waals surface area contributed by atoms with Crippen LogP contribution < -0.4 is 0 Å². The van der Waals surface area contributed by atoms with Crippen LogP contribution in [0.1, 0.15) is 5.56 Å². The van der Waals surface area contributed by atoms with E-state index in [9.17, 15) is 4.39 Å². The first-order chi connectivity index (χ1) is 15.7. The van der Waals surface area contributed by atoms with Gasteiger partial charge in [-0.25, -0.2) is 14.4 Å². The third-order valence-electron chi connectivity index (χ3n) is 5.28. The van der Waals surface area contributed by atoms with Gasteiger partial charge in [0.25, 0.3) is 0 Å². The highest BCUT2D eigenvalue weighted by Gasteiger charge is 2.17. The highest BCUT2D eigenvalue weighted by molar-refractivity contribution is 5.95. The van der Waals surface area contributed by atoms with Crippen LogP contribution in [-0.2, 0) is 0 Å². The van der Waals surface area contributed by atoms with Crippen molar-refractivity contribution in [3.05, 3.63) is 78.4 Å². The maximum absolute atomic E-state index is 14.0. The molecule has 1 aromatic carbocycles. The zero-order valence-electron chi connectivity index (χ0n) is 17.0. The molecule has 6 rings (SSSR count). The summed E-state index contributed by atoms with van der Waals surface area (Å²) in [7, 11) is 0. The summed E-state index contributed by atoms with van der Waals surface area (Å²) >= 11 is 0. The van der Waals surface area contributed by atoms with Crippen molar-refractivity contribution < 1.29 is 4.39 Å². The van der Waals surface area contributed by atoms with Gasteiger partial charge in [0.05, 0.1) is 28.1 Å². The van der Waals surface area contributed by atoms with Crippen LogP contribution in [0, 0.1) is 12.7 Å². The summed E-state index contributed by atoms with van der Waals surface area (Å²) in [6.45, 7) is 1.85. The van der Waals surface area contributed by atoms with E-state index >= 15 is 0 Å². The minimum atomic E-state index is -0.306. The average Bonchev–Trinajstić information content (AvgIpc) is 3.42. The zero-order chi connectivity index (χ0) is 21.7. The molecule has 0 aliphatic heterocycles. The van der Waals surface area contributed by atoms with Crippen molar-refractivity contribution in [3.63, 3.8) is 0 Å². The number of aryl methyl sites for hydroxylation is 1. The second-order valence-corrected chi connectivity index (χ2v) is 7.54. The Hall–Kier alpha value is -4.46. The van der Waals surface area contributed by atoms with Crippen molar-refractivity contribution in [1.82, 2.24) is 35.1 Å². The van der Waals surface area contributed by atoms with Crippen LogP contribution in [0.25, 0.3) is 56.2 Å². The third-order valence-corrected chi connectivity index (χ3v) is 5.28. The monoisotopic (exact) mass is 421 g/mol. The molecule has 5 aromatic heterocycles. The van der Waals surface area contributed by atoms with E-state index in [2.05, 4.69) is 25.1 Å². The van der Waals surface area contributed by atoms with E-state index in [0.717, 1.165) is 28.0 Å². The molecular formula is C24H16FN7. The molecule has 0 spiro atoms. The van der Waals surface area contributed by atoms with Crippen LogP contribution >= 0.6 is 0 Å². The number of aromatic nitrogens is 7. The molecule has 6 aromatic rings. The predicted octanol–water partition coefficient (Wildman–Crippen LogP) is 5.07. The highest BCUT2D eigenvalue weighted by Crippen LogP contribution is 2.31. The summed E-state index contributed by atoms with van der Waals surface area (Å²) in [6, 6.07) is 16.2. The lowest BCUT2D eigenvalue weighted by Gasteiger charge is -2.03. The van der Waals surface area contributed by atoms with E-state index in [-0.39, 0.29) is 5.82 Å². The molecule has 0 aliphatic rings. The first kappa shape index (κ1) is 18.3. The van der Waals surface area contributed by atoms with Crippen LogP contribution in [0.5, 0.6) is 0 Å². The lowest BCUT2D eigenvalue weighted by Crippen LogP contribution is -1.89. The number of aromatic amines is 2. The molecule has 32 heavy (non-hydrogen) atoms. The van der Waals surface area contributed by atoms with Gasteiger partial charge in [-0.05, 0) is 61.0 Å². The maximum Gasteiger partial charge on any atom is 0.161 e. The van der Waals surface area contributed by atoms with Gasteiger partial charge in [-0.1, -0.05) is 6.07 Å². The fraction of sp³-hybridized carbons (Fsp3) is 0.0417. The fourth-order valence-electron chi connectivity index (χ4n) is 3.85. The summed E-state index contributed by atoms with van der Waals surface area (Å²) in [5, 5.41) is 7.46. The van der Waals surface area contributed by atoms with E-state index in [4.69, 9.17) is 9.97 Å². The number of H-pyrrole nitrogens is 2. The Morgan fingerprint density at radius 1 is 0.781 bits per heavy atom. The SMILES string of the molecule is Cc1cc(F)cc(-c2nccc3[nH]c(-c4n[nH]c5ccc(-c6ccccn6)nc45)nc23)c1. The number of hydrogen-bond acceptors (Lipinski definition) is 5. The molecule has 7 nitrogen and oxygen atoms in total. The minimum Gasteiger partial charge on any atom is -0.336 e. The molecule has 0 unspecified atom stereocenters. The second kappa shape index (κ2) is 7.05. The zero-order valence-corrected chi connectivity index (χ0v) is 17.0. The van der Waals surface area contributed by atoms with Crippen LogP contribution in [0.15, 0.2) is 67.0 Å². The molecule has 2 N–H and O–H groups in total. The number of imidazole rings is 1. The largest absolute Gasteiger partial charge is 0.336 e. The van der Waals surface area contributed by atoms with E-state index in [1.807, 2.05) is 49.4 Å². The van der Waals surface area contributed by atoms with Crippen molar-refractivity contribution in [2.75, 3.05) is 0 Å². The van der Waals surface area contributed by atoms with Gasteiger partial charge in [-0.3, -0.25) is 15.1 Å². The van der Waals surface area contributed by atoms with Gasteiger partial charge in [0.15, 0.2) is 11.5 Å². The number of nitrogens with one attached hydrogen (secondary N) is 2. The molecule has 0 fully saturated rings. The molecule has 0 atom stereocenters. The van der Waals surface area contributed by atoms with Gasteiger partial charge in [-0.15, -0.1) is 0 Å². The summed E-state index contributed by atoms with van der Waals surface area (Å²) < 4.78 is 14.0. The standard InChI is InChI=1S/C24H16FN7/c1-13-10-14(12-15(25)11-13)20-21-18(7-9-27-20)29-24(30-21)23-22-19(31-32-23)6-5-17(28-22)16-4-2-3-8-26-16/h2-12H,1H3,(H,29,30)(H,31,32). The van der Waals surface area contributed by atoms with Crippen molar-refractivity contribution in [1.29, 1.82) is 0 Å². The first-order valence-electron chi connectivity index (χ1n) is 10.0. The Bertz CT molecular complexity index is 1580. The average molecular weight is 421 g/mol. The lowest BCUT2D eigenvalue weighted by atomic mass is 10.1. The van der Waals surface area contributed by atoms with Gasteiger partial charge in [0, 0.05) is 18.0 Å². The molecule has 0 bridgehead atoms. The number of fused-ring (bicyclic) bond motifs is 2. The molecule has 0 saturated carbocycles. The second-order valence-electron chi connectivity index (χ2n) is 7.54. The number of hydrogen-bond donors (Lipinski definition) is 2. The summed E-state index contributed by atoms with van der Waals surface area (Å²) in [5.41, 5.74) is 7.11. The van der Waals surface area contributed by atoms with Gasteiger partial charge >= 0.3 is 0 Å². The number of rotatable bonds is 3. The molecule has 0 amide bonds. The number of pyridine rings is 3. The fourth-order valence-corrected chi connectivity index (χ4v) is 3.85. The molecule has 0 aliphatic carbocycles. The number of benzene rings is 1. The minimum absolute atomic E-state index is 0.306. The summed E-state index contributed by atoms with van der Waals surface area (Å²) in [6.07, 6.45) is 3.42. The van der Waals surface area contributed by atoms with Crippen LogP contribution in [0.2, 0.25) is 0 Å². The van der Waals surface area contributed by atoms with Crippen molar-refractivity contribution in [2.45, 2.75) is 6.92 Å². The Kier molecular flexibility index (Phi) is 4.04. The molecule has 8 heteroatoms. The van der Waals surface area contributed by atoms with Gasteiger partial charge < -0.3 is 4.98 Å². The van der Waals surface area contributed by atoms with Gasteiger partial charge in [0.1, 0.15) is 16.9 Å². The summed E-state index contributed by atoms with van der Waals surface area (Å²) in [4.78, 5) is 21.7.